The van der Waals surface area contributed by atoms with Gasteiger partial charge in [-0.1, -0.05) is 6.42 Å². The smallest absolute Gasteiger partial charge is 0.407 e. The van der Waals surface area contributed by atoms with E-state index in [4.69, 9.17) is 4.74 Å². The van der Waals surface area contributed by atoms with E-state index in [1.54, 1.807) is 0 Å². The van der Waals surface area contributed by atoms with Gasteiger partial charge in [0, 0.05) is 19.5 Å². The van der Waals surface area contributed by atoms with Gasteiger partial charge in [0.05, 0.1) is 12.1 Å². The molecule has 0 aromatic rings. The molecule has 0 spiro atoms. The summed E-state index contributed by atoms with van der Waals surface area (Å²) >= 11 is 0. The summed E-state index contributed by atoms with van der Waals surface area (Å²) in [6, 6.07) is -0.152. The van der Waals surface area contributed by atoms with E-state index >= 15 is 0 Å². The summed E-state index contributed by atoms with van der Waals surface area (Å²) in [5.74, 6) is -0.0129. The number of unbranched alkanes of at least 4 members (excludes halogenated alkanes) is 2. The van der Waals surface area contributed by atoms with Crippen molar-refractivity contribution < 1.29 is 19.4 Å². The number of amides is 2. The molecule has 1 saturated heterocycles. The normalized spacial score (nSPS) is 21.7. The van der Waals surface area contributed by atoms with E-state index in [-0.39, 0.29) is 11.9 Å². The zero-order chi connectivity index (χ0) is 18.0. The number of aliphatic hydroxyl groups excluding tert-OH is 1. The Morgan fingerprint density at radius 1 is 1.25 bits per heavy atom. The fourth-order valence-electron chi connectivity index (χ4n) is 2.57. The molecule has 0 aromatic carbocycles. The van der Waals surface area contributed by atoms with E-state index < -0.39 is 17.8 Å². The summed E-state index contributed by atoms with van der Waals surface area (Å²) in [6.07, 6.45) is 3.72. The Morgan fingerprint density at radius 3 is 2.71 bits per heavy atom. The molecule has 0 bridgehead atoms. The lowest BCUT2D eigenvalue weighted by molar-refractivity contribution is -0.122. The Morgan fingerprint density at radius 2 is 2.00 bits per heavy atom. The maximum absolute atomic E-state index is 11.9. The van der Waals surface area contributed by atoms with Crippen LogP contribution in [-0.2, 0) is 9.53 Å². The van der Waals surface area contributed by atoms with E-state index in [1.165, 1.54) is 0 Å². The molecule has 1 fully saturated rings. The summed E-state index contributed by atoms with van der Waals surface area (Å²) in [6.45, 7) is 7.43. The van der Waals surface area contributed by atoms with Gasteiger partial charge in [-0.2, -0.15) is 0 Å². The van der Waals surface area contributed by atoms with Gasteiger partial charge in [0.1, 0.15) is 5.60 Å². The molecule has 1 aliphatic heterocycles. The van der Waals surface area contributed by atoms with Crippen LogP contribution in [-0.4, -0.2) is 54.5 Å². The maximum Gasteiger partial charge on any atom is 0.407 e. The number of ether oxygens (including phenoxy) is 1. The van der Waals surface area contributed by atoms with Crippen LogP contribution < -0.4 is 16.0 Å². The van der Waals surface area contributed by atoms with Crippen molar-refractivity contribution in [3.05, 3.63) is 0 Å². The second-order valence-corrected chi connectivity index (χ2v) is 7.33. The number of rotatable bonds is 7. The molecule has 1 aliphatic rings. The van der Waals surface area contributed by atoms with E-state index in [9.17, 15) is 14.7 Å². The summed E-state index contributed by atoms with van der Waals surface area (Å²) in [5, 5.41) is 18.7. The number of carbonyl (C=O) groups is 2. The van der Waals surface area contributed by atoms with E-state index in [1.807, 2.05) is 20.8 Å². The molecule has 7 nitrogen and oxygen atoms in total. The highest BCUT2D eigenvalue weighted by atomic mass is 16.6. The molecule has 2 amide bonds. The van der Waals surface area contributed by atoms with Crippen molar-refractivity contribution in [1.29, 1.82) is 0 Å². The number of β-amino-alcohol motifs (C(OH)–C–C–N with tert-alkyl or cyclic N) is 1. The third kappa shape index (κ3) is 9.72. The van der Waals surface area contributed by atoms with E-state index in [0.29, 0.717) is 19.5 Å². The number of aliphatic hydroxyl groups is 1. The van der Waals surface area contributed by atoms with Crippen LogP contribution in [0.3, 0.4) is 0 Å². The lowest BCUT2D eigenvalue weighted by Crippen LogP contribution is -2.45. The molecule has 0 aliphatic carbocycles. The van der Waals surface area contributed by atoms with E-state index in [0.717, 1.165) is 38.6 Å². The van der Waals surface area contributed by atoms with Crippen molar-refractivity contribution in [1.82, 2.24) is 16.0 Å². The van der Waals surface area contributed by atoms with Crippen LogP contribution in [0.1, 0.15) is 59.3 Å². The molecule has 0 aromatic heterocycles. The predicted molar refractivity (Wildman–Crippen MR) is 92.7 cm³/mol. The number of carbonyl (C=O) groups excluding carboxylic acids is 2. The largest absolute Gasteiger partial charge is 0.444 e. The first-order valence-corrected chi connectivity index (χ1v) is 8.93. The fourth-order valence-corrected chi connectivity index (χ4v) is 2.57. The second-order valence-electron chi connectivity index (χ2n) is 7.33. The Bertz CT molecular complexity index is 396. The third-order valence-electron chi connectivity index (χ3n) is 3.78. The molecule has 140 valence electrons. The van der Waals surface area contributed by atoms with Crippen LogP contribution in [0.2, 0.25) is 0 Å². The van der Waals surface area contributed by atoms with Crippen molar-refractivity contribution in [3.8, 4) is 0 Å². The van der Waals surface area contributed by atoms with Gasteiger partial charge in [-0.05, 0) is 53.0 Å². The number of hydrogen-bond acceptors (Lipinski definition) is 5. The summed E-state index contributed by atoms with van der Waals surface area (Å²) in [5.41, 5.74) is -0.486. The molecule has 2 atom stereocenters. The van der Waals surface area contributed by atoms with Crippen molar-refractivity contribution in [2.24, 2.45) is 0 Å². The minimum absolute atomic E-state index is 0.0129. The molecule has 0 saturated carbocycles. The SMILES string of the molecule is CC(C)(C)OC(=O)NCCCCCC(=O)NC1CCCNC[C@@H]1O. The lowest BCUT2D eigenvalue weighted by atomic mass is 10.1. The highest BCUT2D eigenvalue weighted by Crippen LogP contribution is 2.08. The van der Waals surface area contributed by atoms with Gasteiger partial charge in [0.25, 0.3) is 0 Å². The standard InChI is InChI=1S/C17H33N3O4/c1-17(2,3)24-16(23)19-11-6-4-5-9-15(22)20-13-8-7-10-18-12-14(13)21/h13-14,18,21H,4-12H2,1-3H3,(H,19,23)(H,20,22)/t13?,14-/m0/s1. The van der Waals surface area contributed by atoms with Crippen LogP contribution in [0.15, 0.2) is 0 Å². The average Bonchev–Trinajstić information content (AvgIpc) is 2.66. The Labute approximate surface area is 144 Å². The topological polar surface area (TPSA) is 99.7 Å². The van der Waals surface area contributed by atoms with Gasteiger partial charge in [0.15, 0.2) is 0 Å². The van der Waals surface area contributed by atoms with Crippen LogP contribution in [0.4, 0.5) is 4.79 Å². The number of hydrogen-bond donors (Lipinski definition) is 4. The minimum Gasteiger partial charge on any atom is -0.444 e. The maximum atomic E-state index is 11.9. The first-order chi connectivity index (χ1) is 11.3. The Balaban J connectivity index is 2.06. The number of alkyl carbamates (subject to hydrolysis) is 1. The second kappa shape index (κ2) is 10.5. The zero-order valence-electron chi connectivity index (χ0n) is 15.2. The monoisotopic (exact) mass is 343 g/mol. The molecule has 7 heteroatoms. The first-order valence-electron chi connectivity index (χ1n) is 8.93. The zero-order valence-corrected chi connectivity index (χ0v) is 15.2. The molecule has 4 N–H and O–H groups in total. The predicted octanol–water partition coefficient (Wildman–Crippen LogP) is 1.30. The molecular formula is C17H33N3O4. The van der Waals surface area contributed by atoms with E-state index in [2.05, 4.69) is 16.0 Å². The molecule has 24 heavy (non-hydrogen) atoms. The van der Waals surface area contributed by atoms with Gasteiger partial charge < -0.3 is 25.8 Å². The van der Waals surface area contributed by atoms with Crippen LogP contribution in [0.25, 0.3) is 0 Å². The average molecular weight is 343 g/mol. The Hall–Kier alpha value is -1.34. The van der Waals surface area contributed by atoms with Crippen LogP contribution in [0.5, 0.6) is 0 Å². The third-order valence-corrected chi connectivity index (χ3v) is 3.78. The molecule has 1 heterocycles. The van der Waals surface area contributed by atoms with Crippen molar-refractivity contribution in [2.45, 2.75) is 77.0 Å². The number of nitrogens with one attached hydrogen (secondary N) is 3. The Kier molecular flexibility index (Phi) is 9.07. The summed E-state index contributed by atoms with van der Waals surface area (Å²) in [4.78, 5) is 23.4. The van der Waals surface area contributed by atoms with Gasteiger partial charge in [-0.25, -0.2) is 4.79 Å². The van der Waals surface area contributed by atoms with Gasteiger partial charge in [-0.3, -0.25) is 4.79 Å². The van der Waals surface area contributed by atoms with Crippen molar-refractivity contribution in [3.63, 3.8) is 0 Å². The highest BCUT2D eigenvalue weighted by Gasteiger charge is 2.22. The highest BCUT2D eigenvalue weighted by molar-refractivity contribution is 5.76. The van der Waals surface area contributed by atoms with Gasteiger partial charge in [-0.15, -0.1) is 0 Å². The molecular weight excluding hydrogens is 310 g/mol. The summed E-state index contributed by atoms with van der Waals surface area (Å²) in [7, 11) is 0. The lowest BCUT2D eigenvalue weighted by Gasteiger charge is -2.21. The molecule has 1 unspecified atom stereocenters. The van der Waals surface area contributed by atoms with Crippen molar-refractivity contribution >= 4 is 12.0 Å². The molecule has 0 radical (unpaired) electrons. The van der Waals surface area contributed by atoms with Crippen LogP contribution >= 0.6 is 0 Å². The van der Waals surface area contributed by atoms with Crippen LogP contribution in [0, 0.1) is 0 Å². The quantitative estimate of drug-likeness (QED) is 0.522. The van der Waals surface area contributed by atoms with Gasteiger partial charge >= 0.3 is 6.09 Å². The first kappa shape index (κ1) is 20.7. The van der Waals surface area contributed by atoms with Gasteiger partial charge in [0.2, 0.25) is 5.91 Å². The van der Waals surface area contributed by atoms with Crippen molar-refractivity contribution in [2.75, 3.05) is 19.6 Å². The summed E-state index contributed by atoms with van der Waals surface area (Å²) < 4.78 is 5.14. The fraction of sp³-hybridized carbons (Fsp3) is 0.882. The minimum atomic E-state index is -0.519. The molecule has 1 rings (SSSR count).